The topological polar surface area (TPSA) is 119 Å². The largest absolute Gasteiger partial charge is 0.504 e. The number of carbonyl (C=O) groups is 1. The lowest BCUT2D eigenvalue weighted by Gasteiger charge is -2.37. The molecule has 1 heterocycles. The highest BCUT2D eigenvalue weighted by molar-refractivity contribution is 5.83. The summed E-state index contributed by atoms with van der Waals surface area (Å²) in [6.07, 6.45) is 0.586. The van der Waals surface area contributed by atoms with Crippen LogP contribution in [0.15, 0.2) is 30.3 Å². The van der Waals surface area contributed by atoms with Crippen LogP contribution in [0, 0.1) is 0 Å². The number of aromatic hydroxyl groups is 3. The molecule has 1 unspecified atom stereocenters. The van der Waals surface area contributed by atoms with Crippen LogP contribution in [0.3, 0.4) is 0 Å². The van der Waals surface area contributed by atoms with Crippen molar-refractivity contribution in [1.29, 1.82) is 0 Å². The first kappa shape index (κ1) is 16.9. The molecule has 2 aromatic carbocycles. The summed E-state index contributed by atoms with van der Waals surface area (Å²) in [5.74, 6) is -1.53. The summed E-state index contributed by atoms with van der Waals surface area (Å²) < 4.78 is 5.00. The molecule has 0 fully saturated rings. The third kappa shape index (κ3) is 2.83. The van der Waals surface area contributed by atoms with Gasteiger partial charge in [0.15, 0.2) is 23.0 Å². The van der Waals surface area contributed by atoms with Crippen LogP contribution in [0.2, 0.25) is 0 Å². The van der Waals surface area contributed by atoms with Gasteiger partial charge in [-0.3, -0.25) is 5.32 Å². The van der Waals surface area contributed by atoms with Gasteiger partial charge >= 0.3 is 5.97 Å². The molecule has 1 atom stereocenters. The van der Waals surface area contributed by atoms with Crippen LogP contribution >= 0.6 is 0 Å². The molecular weight excluding hydrogens is 326 g/mol. The van der Waals surface area contributed by atoms with Crippen molar-refractivity contribution in [2.75, 3.05) is 13.7 Å². The number of fused-ring (bicyclic) bond motifs is 1. The summed E-state index contributed by atoms with van der Waals surface area (Å²) in [4.78, 5) is 12.2. The molecule has 7 heteroatoms. The van der Waals surface area contributed by atoms with E-state index in [0.29, 0.717) is 35.4 Å². The number of phenols is 3. The molecule has 0 spiro atoms. The number of rotatable bonds is 4. The predicted octanol–water partition coefficient (Wildman–Crippen LogP) is 1.48. The number of carboxylic acid groups (broad SMARTS) is 1. The van der Waals surface area contributed by atoms with Gasteiger partial charge in [0, 0.05) is 13.0 Å². The zero-order valence-corrected chi connectivity index (χ0v) is 13.6. The van der Waals surface area contributed by atoms with Crippen molar-refractivity contribution in [3.05, 3.63) is 47.0 Å². The first-order valence-electron chi connectivity index (χ1n) is 7.77. The Balaban J connectivity index is 2.09. The predicted molar refractivity (Wildman–Crippen MR) is 89.2 cm³/mol. The minimum atomic E-state index is -1.47. The molecular formula is C18H19NO6. The number of benzene rings is 2. The molecule has 0 aromatic heterocycles. The van der Waals surface area contributed by atoms with Gasteiger partial charge in [-0.05, 0) is 47.4 Å². The van der Waals surface area contributed by atoms with Crippen LogP contribution in [0.4, 0.5) is 0 Å². The van der Waals surface area contributed by atoms with Crippen LogP contribution in [-0.4, -0.2) is 40.0 Å². The lowest BCUT2D eigenvalue weighted by Crippen LogP contribution is -2.54. The second-order valence-corrected chi connectivity index (χ2v) is 6.07. The molecule has 132 valence electrons. The second kappa shape index (κ2) is 6.18. The first-order chi connectivity index (χ1) is 11.9. The zero-order valence-electron chi connectivity index (χ0n) is 13.6. The molecule has 0 radical (unpaired) electrons. The number of methoxy groups -OCH3 is 1. The van der Waals surface area contributed by atoms with Crippen molar-refractivity contribution in [3.63, 3.8) is 0 Å². The number of hydrogen-bond donors (Lipinski definition) is 5. The Hall–Kier alpha value is -2.93. The zero-order chi connectivity index (χ0) is 18.2. The van der Waals surface area contributed by atoms with Gasteiger partial charge in [-0.1, -0.05) is 6.07 Å². The van der Waals surface area contributed by atoms with Crippen LogP contribution in [0.25, 0.3) is 0 Å². The van der Waals surface area contributed by atoms with E-state index in [4.69, 9.17) is 4.74 Å². The standard InChI is InChI=1S/C18H19NO6/c1-25-16-3-2-10(6-15(16)22)9-18(17(23)24)12-8-14(21)13(20)7-11(12)4-5-19-18/h2-3,6-8,19-22H,4-5,9H2,1H3,(H,23,24). The molecule has 0 amide bonds. The highest BCUT2D eigenvalue weighted by atomic mass is 16.5. The molecule has 0 bridgehead atoms. The summed E-state index contributed by atoms with van der Waals surface area (Å²) in [6, 6.07) is 7.39. The Morgan fingerprint density at radius 3 is 2.52 bits per heavy atom. The highest BCUT2D eigenvalue weighted by Gasteiger charge is 2.44. The number of phenolic OH excluding ortho intramolecular Hbond substituents is 3. The van der Waals surface area contributed by atoms with Crippen molar-refractivity contribution >= 4 is 5.97 Å². The molecule has 0 saturated heterocycles. The van der Waals surface area contributed by atoms with Crippen LogP contribution in [0.1, 0.15) is 16.7 Å². The van der Waals surface area contributed by atoms with Gasteiger partial charge in [0.25, 0.3) is 0 Å². The Bertz CT molecular complexity index is 835. The summed E-state index contributed by atoms with van der Waals surface area (Å²) in [5.41, 5.74) is 0.180. The van der Waals surface area contributed by atoms with Gasteiger partial charge in [0.1, 0.15) is 5.54 Å². The van der Waals surface area contributed by atoms with Crippen molar-refractivity contribution < 1.29 is 30.0 Å². The summed E-state index contributed by atoms with van der Waals surface area (Å²) in [5, 5.41) is 42.5. The fraction of sp³-hybridized carbons (Fsp3) is 0.278. The second-order valence-electron chi connectivity index (χ2n) is 6.07. The number of hydrogen-bond acceptors (Lipinski definition) is 6. The lowest BCUT2D eigenvalue weighted by atomic mass is 9.78. The average molecular weight is 345 g/mol. The SMILES string of the molecule is COc1ccc(CC2(C(=O)O)NCCc3cc(O)c(O)cc32)cc1O. The number of nitrogens with one attached hydrogen (secondary N) is 1. The minimum absolute atomic E-state index is 0.0527. The van der Waals surface area contributed by atoms with Crippen LogP contribution in [-0.2, 0) is 23.2 Å². The summed E-state index contributed by atoms with van der Waals surface area (Å²) in [6.45, 7) is 0.408. The molecule has 7 nitrogen and oxygen atoms in total. The van der Waals surface area contributed by atoms with Crippen molar-refractivity contribution in [1.82, 2.24) is 5.32 Å². The van der Waals surface area contributed by atoms with E-state index >= 15 is 0 Å². The minimum Gasteiger partial charge on any atom is -0.504 e. The number of aliphatic carboxylic acids is 1. The van der Waals surface area contributed by atoms with E-state index in [1.54, 1.807) is 12.1 Å². The van der Waals surface area contributed by atoms with Gasteiger partial charge in [-0.25, -0.2) is 4.79 Å². The molecule has 1 aliphatic heterocycles. The molecule has 3 rings (SSSR count). The van der Waals surface area contributed by atoms with Crippen molar-refractivity contribution in [3.8, 4) is 23.0 Å². The van der Waals surface area contributed by atoms with E-state index in [-0.39, 0.29) is 23.7 Å². The van der Waals surface area contributed by atoms with Gasteiger partial charge in [0.05, 0.1) is 7.11 Å². The maximum Gasteiger partial charge on any atom is 0.328 e. The van der Waals surface area contributed by atoms with E-state index in [1.165, 1.54) is 25.3 Å². The molecule has 0 aliphatic carbocycles. The third-order valence-corrected chi connectivity index (χ3v) is 4.56. The van der Waals surface area contributed by atoms with E-state index in [2.05, 4.69) is 5.32 Å². The van der Waals surface area contributed by atoms with Crippen LogP contribution < -0.4 is 10.1 Å². The Kier molecular flexibility index (Phi) is 4.18. The van der Waals surface area contributed by atoms with Crippen LogP contribution in [0.5, 0.6) is 23.0 Å². The lowest BCUT2D eigenvalue weighted by molar-refractivity contribution is -0.145. The van der Waals surface area contributed by atoms with Gasteiger partial charge in [0.2, 0.25) is 0 Å². The van der Waals surface area contributed by atoms with E-state index in [1.807, 2.05) is 0 Å². The van der Waals surface area contributed by atoms with Gasteiger partial charge in [-0.2, -0.15) is 0 Å². The molecule has 5 N–H and O–H groups in total. The van der Waals surface area contributed by atoms with E-state index in [9.17, 15) is 25.2 Å². The Morgan fingerprint density at radius 2 is 1.88 bits per heavy atom. The number of ether oxygens (including phenoxy) is 1. The van der Waals surface area contributed by atoms with Gasteiger partial charge in [-0.15, -0.1) is 0 Å². The van der Waals surface area contributed by atoms with Crippen molar-refractivity contribution in [2.45, 2.75) is 18.4 Å². The Morgan fingerprint density at radius 1 is 1.16 bits per heavy atom. The maximum absolute atomic E-state index is 12.2. The van der Waals surface area contributed by atoms with E-state index in [0.717, 1.165) is 0 Å². The van der Waals surface area contributed by atoms with E-state index < -0.39 is 11.5 Å². The maximum atomic E-state index is 12.2. The highest BCUT2D eigenvalue weighted by Crippen LogP contribution is 2.39. The summed E-state index contributed by atoms with van der Waals surface area (Å²) in [7, 11) is 1.43. The molecule has 0 saturated carbocycles. The average Bonchev–Trinajstić information content (AvgIpc) is 2.56. The smallest absolute Gasteiger partial charge is 0.328 e. The third-order valence-electron chi connectivity index (χ3n) is 4.56. The normalized spacial score (nSPS) is 19.2. The quantitative estimate of drug-likeness (QED) is 0.533. The fourth-order valence-electron chi connectivity index (χ4n) is 3.31. The Labute approximate surface area is 144 Å². The number of carboxylic acids is 1. The molecule has 25 heavy (non-hydrogen) atoms. The molecule has 1 aliphatic rings. The molecule has 2 aromatic rings. The first-order valence-corrected chi connectivity index (χ1v) is 7.77. The van der Waals surface area contributed by atoms with Crippen molar-refractivity contribution in [2.24, 2.45) is 0 Å². The summed E-state index contributed by atoms with van der Waals surface area (Å²) >= 11 is 0. The monoisotopic (exact) mass is 345 g/mol. The van der Waals surface area contributed by atoms with Gasteiger partial charge < -0.3 is 25.2 Å². The fourth-order valence-corrected chi connectivity index (χ4v) is 3.31.